The molecular formula is C15H16ClFN2. The fourth-order valence-electron chi connectivity index (χ4n) is 1.77. The molecule has 0 aliphatic rings. The number of benzene rings is 2. The average Bonchev–Trinajstić information content (AvgIpc) is 2.42. The Morgan fingerprint density at radius 3 is 2.47 bits per heavy atom. The summed E-state index contributed by atoms with van der Waals surface area (Å²) in [7, 11) is 0. The van der Waals surface area contributed by atoms with Crippen molar-refractivity contribution in [3.8, 4) is 0 Å². The lowest BCUT2D eigenvalue weighted by Crippen LogP contribution is -2.22. The van der Waals surface area contributed by atoms with E-state index in [2.05, 4.69) is 10.6 Å². The molecule has 2 rings (SSSR count). The molecule has 0 radical (unpaired) electrons. The first-order valence-electron chi connectivity index (χ1n) is 6.20. The molecule has 0 spiro atoms. The van der Waals surface area contributed by atoms with Gasteiger partial charge in [0.15, 0.2) is 0 Å². The minimum absolute atomic E-state index is 0.268. The predicted molar refractivity (Wildman–Crippen MR) is 78.0 cm³/mol. The van der Waals surface area contributed by atoms with Crippen LogP contribution in [0.3, 0.4) is 0 Å². The number of rotatable bonds is 6. The molecule has 0 bridgehead atoms. The molecule has 0 fully saturated rings. The highest BCUT2D eigenvalue weighted by Gasteiger charge is 2.05. The van der Waals surface area contributed by atoms with Gasteiger partial charge >= 0.3 is 0 Å². The number of hydrogen-bond acceptors (Lipinski definition) is 2. The van der Waals surface area contributed by atoms with Gasteiger partial charge in [0.2, 0.25) is 0 Å². The zero-order valence-corrected chi connectivity index (χ0v) is 11.3. The highest BCUT2D eigenvalue weighted by Crippen LogP contribution is 2.18. The molecule has 2 nitrogen and oxygen atoms in total. The number of nitrogens with one attached hydrogen (secondary N) is 2. The third-order valence-corrected chi connectivity index (χ3v) is 3.12. The molecule has 0 aromatic heterocycles. The summed E-state index contributed by atoms with van der Waals surface area (Å²) in [6.45, 7) is 1.94. The van der Waals surface area contributed by atoms with Crippen molar-refractivity contribution in [2.45, 2.75) is 6.54 Å². The van der Waals surface area contributed by atoms with E-state index in [9.17, 15) is 4.39 Å². The Labute approximate surface area is 117 Å². The van der Waals surface area contributed by atoms with E-state index >= 15 is 0 Å². The topological polar surface area (TPSA) is 24.1 Å². The molecule has 100 valence electrons. The summed E-state index contributed by atoms with van der Waals surface area (Å²) in [4.78, 5) is 0. The minimum Gasteiger partial charge on any atom is -0.384 e. The van der Waals surface area contributed by atoms with Crippen LogP contribution in [0.5, 0.6) is 0 Å². The smallest absolute Gasteiger partial charge is 0.129 e. The van der Waals surface area contributed by atoms with Crippen molar-refractivity contribution < 1.29 is 4.39 Å². The molecule has 2 aromatic rings. The monoisotopic (exact) mass is 278 g/mol. The van der Waals surface area contributed by atoms with Crippen LogP contribution in [0.1, 0.15) is 5.56 Å². The summed E-state index contributed by atoms with van der Waals surface area (Å²) in [6.07, 6.45) is 0. The molecule has 0 saturated heterocycles. The van der Waals surface area contributed by atoms with Gasteiger partial charge in [-0.1, -0.05) is 35.9 Å². The third-order valence-electron chi connectivity index (χ3n) is 2.77. The average molecular weight is 279 g/mol. The Kier molecular flexibility index (Phi) is 5.19. The normalized spacial score (nSPS) is 10.4. The Morgan fingerprint density at radius 1 is 0.947 bits per heavy atom. The van der Waals surface area contributed by atoms with Crippen molar-refractivity contribution in [1.82, 2.24) is 5.32 Å². The largest absolute Gasteiger partial charge is 0.384 e. The Bertz CT molecular complexity index is 497. The first-order chi connectivity index (χ1) is 9.27. The van der Waals surface area contributed by atoms with Crippen LogP contribution in [-0.2, 0) is 6.54 Å². The van der Waals surface area contributed by atoms with E-state index in [1.54, 1.807) is 12.1 Å². The number of para-hydroxylation sites is 1. The van der Waals surface area contributed by atoms with E-state index in [0.717, 1.165) is 18.8 Å². The van der Waals surface area contributed by atoms with Gasteiger partial charge in [0, 0.05) is 35.9 Å². The molecular weight excluding hydrogens is 263 g/mol. The van der Waals surface area contributed by atoms with Crippen LogP contribution in [0, 0.1) is 5.82 Å². The van der Waals surface area contributed by atoms with Crippen LogP contribution in [0.2, 0.25) is 5.02 Å². The van der Waals surface area contributed by atoms with Crippen molar-refractivity contribution in [1.29, 1.82) is 0 Å². The maximum Gasteiger partial charge on any atom is 0.129 e. The van der Waals surface area contributed by atoms with E-state index in [1.165, 1.54) is 6.07 Å². The lowest BCUT2D eigenvalue weighted by atomic mass is 10.2. The molecule has 0 heterocycles. The summed E-state index contributed by atoms with van der Waals surface area (Å²) in [5.74, 6) is -0.268. The molecule has 0 unspecified atom stereocenters. The summed E-state index contributed by atoms with van der Waals surface area (Å²) in [6, 6.07) is 14.7. The van der Waals surface area contributed by atoms with Gasteiger partial charge in [0.1, 0.15) is 5.82 Å². The van der Waals surface area contributed by atoms with Crippen molar-refractivity contribution in [2.75, 3.05) is 18.4 Å². The lowest BCUT2D eigenvalue weighted by Gasteiger charge is -2.09. The number of halogens is 2. The molecule has 0 aliphatic heterocycles. The van der Waals surface area contributed by atoms with E-state index in [0.29, 0.717) is 17.1 Å². The SMILES string of the molecule is Fc1cccc(Cl)c1CNCCNc1ccccc1. The standard InChI is InChI=1S/C15H16ClFN2/c16-14-7-4-8-15(17)13(14)11-18-9-10-19-12-5-2-1-3-6-12/h1-8,18-19H,9-11H2. The molecule has 4 heteroatoms. The zero-order valence-electron chi connectivity index (χ0n) is 10.5. The maximum atomic E-state index is 13.5. The van der Waals surface area contributed by atoms with E-state index in [4.69, 9.17) is 11.6 Å². The van der Waals surface area contributed by atoms with Crippen molar-refractivity contribution in [3.05, 3.63) is 64.9 Å². The van der Waals surface area contributed by atoms with Crippen molar-refractivity contribution in [2.24, 2.45) is 0 Å². The highest BCUT2D eigenvalue weighted by molar-refractivity contribution is 6.31. The van der Waals surface area contributed by atoms with Gasteiger partial charge in [0.05, 0.1) is 0 Å². The second kappa shape index (κ2) is 7.12. The van der Waals surface area contributed by atoms with E-state index in [1.807, 2.05) is 30.3 Å². The molecule has 0 atom stereocenters. The zero-order chi connectivity index (χ0) is 13.5. The van der Waals surface area contributed by atoms with Crippen LogP contribution in [0.15, 0.2) is 48.5 Å². The van der Waals surface area contributed by atoms with Crippen molar-refractivity contribution in [3.63, 3.8) is 0 Å². The summed E-state index contributed by atoms with van der Waals surface area (Å²) >= 11 is 5.94. The first kappa shape index (κ1) is 13.8. The second-order valence-electron chi connectivity index (χ2n) is 4.17. The Hall–Kier alpha value is -1.58. The van der Waals surface area contributed by atoms with Gasteiger partial charge in [-0.15, -0.1) is 0 Å². The van der Waals surface area contributed by atoms with Crippen LogP contribution >= 0.6 is 11.6 Å². The van der Waals surface area contributed by atoms with Crippen LogP contribution in [-0.4, -0.2) is 13.1 Å². The quantitative estimate of drug-likeness (QED) is 0.788. The van der Waals surface area contributed by atoms with Gasteiger partial charge in [-0.2, -0.15) is 0 Å². The molecule has 19 heavy (non-hydrogen) atoms. The summed E-state index contributed by atoms with van der Waals surface area (Å²) in [5, 5.41) is 6.90. The molecule has 0 saturated carbocycles. The van der Waals surface area contributed by atoms with Crippen LogP contribution < -0.4 is 10.6 Å². The van der Waals surface area contributed by atoms with Gasteiger partial charge in [0.25, 0.3) is 0 Å². The Morgan fingerprint density at radius 2 is 1.74 bits per heavy atom. The third kappa shape index (κ3) is 4.23. The van der Waals surface area contributed by atoms with Gasteiger partial charge in [-0.3, -0.25) is 0 Å². The fourth-order valence-corrected chi connectivity index (χ4v) is 2.00. The van der Waals surface area contributed by atoms with Gasteiger partial charge in [-0.25, -0.2) is 4.39 Å². The van der Waals surface area contributed by atoms with E-state index in [-0.39, 0.29) is 5.82 Å². The molecule has 0 aliphatic carbocycles. The van der Waals surface area contributed by atoms with Crippen LogP contribution in [0.25, 0.3) is 0 Å². The van der Waals surface area contributed by atoms with Crippen molar-refractivity contribution >= 4 is 17.3 Å². The predicted octanol–water partition coefficient (Wildman–Crippen LogP) is 3.68. The second-order valence-corrected chi connectivity index (χ2v) is 4.58. The Balaban J connectivity index is 1.73. The fraction of sp³-hybridized carbons (Fsp3) is 0.200. The number of hydrogen-bond donors (Lipinski definition) is 2. The first-order valence-corrected chi connectivity index (χ1v) is 6.57. The lowest BCUT2D eigenvalue weighted by molar-refractivity contribution is 0.591. The van der Waals surface area contributed by atoms with E-state index < -0.39 is 0 Å². The molecule has 0 amide bonds. The number of anilines is 1. The van der Waals surface area contributed by atoms with Gasteiger partial charge < -0.3 is 10.6 Å². The summed E-state index contributed by atoms with van der Waals surface area (Å²) < 4.78 is 13.5. The molecule has 2 aromatic carbocycles. The van der Waals surface area contributed by atoms with Gasteiger partial charge in [-0.05, 0) is 24.3 Å². The van der Waals surface area contributed by atoms with Crippen LogP contribution in [0.4, 0.5) is 10.1 Å². The maximum absolute atomic E-state index is 13.5. The minimum atomic E-state index is -0.268. The molecule has 2 N–H and O–H groups in total. The highest BCUT2D eigenvalue weighted by atomic mass is 35.5. The summed E-state index contributed by atoms with van der Waals surface area (Å²) in [5.41, 5.74) is 1.59.